The fourth-order valence-corrected chi connectivity index (χ4v) is 4.43. The van der Waals surface area contributed by atoms with Crippen LogP contribution in [0, 0.1) is 0 Å². The SMILES string of the molecule is CC(c1ccc(OCC2CO2)cc1)C(c1ccc(OCC2CO2)cc1)c1ccc(OCC2CO2)cc1. The summed E-state index contributed by atoms with van der Waals surface area (Å²) in [7, 11) is 0. The minimum absolute atomic E-state index is 0.165. The molecule has 3 aromatic carbocycles. The van der Waals surface area contributed by atoms with Gasteiger partial charge in [0.2, 0.25) is 0 Å². The molecule has 6 heteroatoms. The zero-order valence-electron chi connectivity index (χ0n) is 20.5. The molecule has 3 aromatic rings. The Kier molecular flexibility index (Phi) is 6.81. The van der Waals surface area contributed by atoms with Crippen molar-refractivity contribution in [2.24, 2.45) is 0 Å². The molecule has 0 radical (unpaired) electrons. The molecule has 3 fully saturated rings. The smallest absolute Gasteiger partial charge is 0.119 e. The molecular formula is C30H32O6. The van der Waals surface area contributed by atoms with Crippen molar-refractivity contribution in [3.05, 3.63) is 89.5 Å². The highest BCUT2D eigenvalue weighted by molar-refractivity contribution is 5.42. The lowest BCUT2D eigenvalue weighted by atomic mass is 9.78. The Morgan fingerprint density at radius 1 is 0.556 bits per heavy atom. The zero-order chi connectivity index (χ0) is 24.3. The average Bonchev–Trinajstić information content (AvgIpc) is 3.77. The summed E-state index contributed by atoms with van der Waals surface area (Å²) in [5.41, 5.74) is 3.74. The van der Waals surface area contributed by atoms with Gasteiger partial charge in [0.05, 0.1) is 19.8 Å². The first-order valence-corrected chi connectivity index (χ1v) is 12.7. The van der Waals surface area contributed by atoms with Crippen LogP contribution in [0.1, 0.15) is 35.4 Å². The number of hydrogen-bond acceptors (Lipinski definition) is 6. The molecule has 0 aromatic heterocycles. The van der Waals surface area contributed by atoms with Gasteiger partial charge >= 0.3 is 0 Å². The summed E-state index contributed by atoms with van der Waals surface area (Å²) in [6.45, 7) is 6.49. The summed E-state index contributed by atoms with van der Waals surface area (Å²) < 4.78 is 33.3. The summed E-state index contributed by atoms with van der Waals surface area (Å²) in [5, 5.41) is 0. The lowest BCUT2D eigenvalue weighted by molar-refractivity contribution is 0.263. The standard InChI is InChI=1S/C30H32O6/c1-20(21-2-8-24(9-3-21)31-14-27-17-34-27)30(22-4-10-25(11-5-22)32-15-28-18-35-28)23-6-12-26(13-7-23)33-16-29-19-36-29/h2-13,20,27-30H,14-19H2,1H3. The molecule has 0 spiro atoms. The molecule has 36 heavy (non-hydrogen) atoms. The van der Waals surface area contributed by atoms with Crippen LogP contribution in [0.3, 0.4) is 0 Å². The van der Waals surface area contributed by atoms with E-state index >= 15 is 0 Å². The van der Waals surface area contributed by atoms with Crippen LogP contribution in [0.25, 0.3) is 0 Å². The second-order valence-corrected chi connectivity index (χ2v) is 9.77. The van der Waals surface area contributed by atoms with Crippen LogP contribution in [-0.2, 0) is 14.2 Å². The molecule has 3 heterocycles. The van der Waals surface area contributed by atoms with Gasteiger partial charge in [-0.15, -0.1) is 0 Å². The molecule has 0 aliphatic carbocycles. The van der Waals surface area contributed by atoms with Gasteiger partial charge in [0.25, 0.3) is 0 Å². The van der Waals surface area contributed by atoms with E-state index in [2.05, 4.69) is 79.7 Å². The lowest BCUT2D eigenvalue weighted by Gasteiger charge is -2.26. The Morgan fingerprint density at radius 3 is 1.17 bits per heavy atom. The van der Waals surface area contributed by atoms with E-state index in [0.29, 0.717) is 19.8 Å². The number of rotatable bonds is 13. The van der Waals surface area contributed by atoms with E-state index in [1.54, 1.807) is 0 Å². The topological polar surface area (TPSA) is 65.3 Å². The molecular weight excluding hydrogens is 456 g/mol. The third kappa shape index (κ3) is 6.19. The maximum Gasteiger partial charge on any atom is 0.119 e. The fraction of sp³-hybridized carbons (Fsp3) is 0.400. The highest BCUT2D eigenvalue weighted by Gasteiger charge is 2.26. The van der Waals surface area contributed by atoms with Gasteiger partial charge in [-0.3, -0.25) is 0 Å². The number of ether oxygens (including phenoxy) is 6. The van der Waals surface area contributed by atoms with Crippen molar-refractivity contribution < 1.29 is 28.4 Å². The molecule has 3 aliphatic rings. The van der Waals surface area contributed by atoms with E-state index in [1.807, 2.05) is 0 Å². The molecule has 3 aliphatic heterocycles. The summed E-state index contributed by atoms with van der Waals surface area (Å²) in [6, 6.07) is 25.4. The van der Waals surface area contributed by atoms with Crippen molar-refractivity contribution in [2.45, 2.75) is 37.1 Å². The average molecular weight is 489 g/mol. The maximum atomic E-state index is 5.87. The van der Waals surface area contributed by atoms with Crippen LogP contribution < -0.4 is 14.2 Å². The van der Waals surface area contributed by atoms with Crippen LogP contribution >= 0.6 is 0 Å². The molecule has 4 unspecified atom stereocenters. The highest BCUT2D eigenvalue weighted by Crippen LogP contribution is 2.40. The summed E-state index contributed by atoms with van der Waals surface area (Å²) in [6.07, 6.45) is 0.738. The number of benzene rings is 3. The largest absolute Gasteiger partial charge is 0.491 e. The Labute approximate surface area is 212 Å². The fourth-order valence-electron chi connectivity index (χ4n) is 4.43. The van der Waals surface area contributed by atoms with Gasteiger partial charge in [-0.2, -0.15) is 0 Å². The Hall–Kier alpha value is -3.06. The Balaban J connectivity index is 1.21. The maximum absolute atomic E-state index is 5.87. The first-order chi connectivity index (χ1) is 17.7. The van der Waals surface area contributed by atoms with Gasteiger partial charge in [-0.25, -0.2) is 0 Å². The monoisotopic (exact) mass is 488 g/mol. The van der Waals surface area contributed by atoms with Crippen LogP contribution in [0.4, 0.5) is 0 Å². The Morgan fingerprint density at radius 2 is 0.861 bits per heavy atom. The van der Waals surface area contributed by atoms with E-state index in [-0.39, 0.29) is 30.1 Å². The van der Waals surface area contributed by atoms with E-state index < -0.39 is 0 Å². The van der Waals surface area contributed by atoms with Crippen molar-refractivity contribution in [2.75, 3.05) is 39.6 Å². The van der Waals surface area contributed by atoms with Crippen molar-refractivity contribution >= 4 is 0 Å². The van der Waals surface area contributed by atoms with Crippen molar-refractivity contribution in [1.29, 1.82) is 0 Å². The normalized spacial score (nSPS) is 23.4. The van der Waals surface area contributed by atoms with Crippen molar-refractivity contribution in [1.82, 2.24) is 0 Å². The molecule has 6 nitrogen and oxygen atoms in total. The van der Waals surface area contributed by atoms with Gasteiger partial charge in [0.15, 0.2) is 0 Å². The lowest BCUT2D eigenvalue weighted by Crippen LogP contribution is -2.11. The predicted octanol–water partition coefficient (Wildman–Crippen LogP) is 4.96. The van der Waals surface area contributed by atoms with E-state index in [4.69, 9.17) is 28.4 Å². The minimum Gasteiger partial charge on any atom is -0.491 e. The molecule has 0 N–H and O–H groups in total. The highest BCUT2D eigenvalue weighted by atomic mass is 16.6. The van der Waals surface area contributed by atoms with Gasteiger partial charge in [0, 0.05) is 5.92 Å². The molecule has 6 rings (SSSR count). The minimum atomic E-state index is 0.165. The van der Waals surface area contributed by atoms with Crippen LogP contribution in [-0.4, -0.2) is 58.0 Å². The second kappa shape index (κ2) is 10.5. The molecule has 0 amide bonds. The number of epoxide rings is 3. The summed E-state index contributed by atoms with van der Waals surface area (Å²) in [4.78, 5) is 0. The van der Waals surface area contributed by atoms with Crippen LogP contribution in [0.5, 0.6) is 17.2 Å². The van der Waals surface area contributed by atoms with Crippen molar-refractivity contribution in [3.63, 3.8) is 0 Å². The van der Waals surface area contributed by atoms with Gasteiger partial charge in [-0.05, 0) is 59.0 Å². The van der Waals surface area contributed by atoms with Gasteiger partial charge in [-0.1, -0.05) is 43.3 Å². The molecule has 188 valence electrons. The number of hydrogen-bond donors (Lipinski definition) is 0. The van der Waals surface area contributed by atoms with Gasteiger partial charge < -0.3 is 28.4 Å². The third-order valence-electron chi connectivity index (χ3n) is 6.90. The van der Waals surface area contributed by atoms with E-state index in [9.17, 15) is 0 Å². The summed E-state index contributed by atoms with van der Waals surface area (Å²) >= 11 is 0. The van der Waals surface area contributed by atoms with Crippen LogP contribution in [0.15, 0.2) is 72.8 Å². The first-order valence-electron chi connectivity index (χ1n) is 12.7. The molecule has 3 saturated heterocycles. The van der Waals surface area contributed by atoms with E-state index in [1.165, 1.54) is 16.7 Å². The zero-order valence-corrected chi connectivity index (χ0v) is 20.5. The molecule has 4 atom stereocenters. The molecule has 0 bridgehead atoms. The van der Waals surface area contributed by atoms with E-state index in [0.717, 1.165) is 37.1 Å². The van der Waals surface area contributed by atoms with Gasteiger partial charge in [0.1, 0.15) is 55.4 Å². The predicted molar refractivity (Wildman–Crippen MR) is 135 cm³/mol. The second-order valence-electron chi connectivity index (χ2n) is 9.77. The quantitative estimate of drug-likeness (QED) is 0.317. The third-order valence-corrected chi connectivity index (χ3v) is 6.90. The molecule has 0 saturated carbocycles. The Bertz CT molecular complexity index is 1060. The summed E-state index contributed by atoms with van der Waals surface area (Å²) in [5.74, 6) is 3.02. The first kappa shape index (κ1) is 23.3. The van der Waals surface area contributed by atoms with Crippen LogP contribution in [0.2, 0.25) is 0 Å². The van der Waals surface area contributed by atoms with Crippen molar-refractivity contribution in [3.8, 4) is 17.2 Å².